The summed E-state index contributed by atoms with van der Waals surface area (Å²) in [7, 11) is 0. The molecule has 2 aromatic rings. The average Bonchev–Trinajstić information content (AvgIpc) is 2.48. The predicted octanol–water partition coefficient (Wildman–Crippen LogP) is 3.40. The highest BCUT2D eigenvalue weighted by Crippen LogP contribution is 2.19. The Labute approximate surface area is 124 Å². The highest BCUT2D eigenvalue weighted by atomic mass is 16.4. The molecule has 21 heavy (non-hydrogen) atoms. The van der Waals surface area contributed by atoms with Crippen molar-refractivity contribution in [3.63, 3.8) is 0 Å². The maximum absolute atomic E-state index is 11.1. The van der Waals surface area contributed by atoms with Gasteiger partial charge in [0.25, 0.3) is 0 Å². The van der Waals surface area contributed by atoms with E-state index >= 15 is 0 Å². The summed E-state index contributed by atoms with van der Waals surface area (Å²) in [4.78, 5) is 11.1. The van der Waals surface area contributed by atoms with Gasteiger partial charge in [0.15, 0.2) is 0 Å². The number of aryl methyl sites for hydroxylation is 1. The standard InChI is InChI=1S/C17H20N2O2/c1-12(7-8-13-5-3-2-4-6-13)19-14-9-10-16(18)15(11-14)17(20)21/h2-6,9-12,19H,7-8,18H2,1H3,(H,20,21). The van der Waals surface area contributed by atoms with E-state index in [1.165, 1.54) is 5.56 Å². The van der Waals surface area contributed by atoms with Crippen LogP contribution in [0.1, 0.15) is 29.3 Å². The minimum atomic E-state index is -1.01. The number of nitrogens with two attached hydrogens (primary N) is 1. The quantitative estimate of drug-likeness (QED) is 0.711. The third-order valence-corrected chi connectivity index (χ3v) is 3.41. The predicted molar refractivity (Wildman–Crippen MR) is 85.7 cm³/mol. The molecule has 4 heteroatoms. The van der Waals surface area contributed by atoms with Crippen LogP contribution in [0.25, 0.3) is 0 Å². The van der Waals surface area contributed by atoms with Crippen LogP contribution in [0.2, 0.25) is 0 Å². The largest absolute Gasteiger partial charge is 0.478 e. The molecule has 0 aliphatic heterocycles. The average molecular weight is 284 g/mol. The Morgan fingerprint density at radius 3 is 2.62 bits per heavy atom. The molecule has 0 amide bonds. The van der Waals surface area contributed by atoms with Gasteiger partial charge in [-0.3, -0.25) is 0 Å². The van der Waals surface area contributed by atoms with Gasteiger partial charge in [-0.05, 0) is 43.5 Å². The number of carboxylic acid groups (broad SMARTS) is 1. The smallest absolute Gasteiger partial charge is 0.337 e. The number of anilines is 2. The number of carboxylic acids is 1. The summed E-state index contributed by atoms with van der Waals surface area (Å²) < 4.78 is 0. The zero-order valence-corrected chi connectivity index (χ0v) is 12.0. The van der Waals surface area contributed by atoms with Crippen LogP contribution < -0.4 is 11.1 Å². The molecule has 4 nitrogen and oxygen atoms in total. The van der Waals surface area contributed by atoms with Crippen molar-refractivity contribution in [2.24, 2.45) is 0 Å². The molecule has 0 fully saturated rings. The molecule has 0 saturated carbocycles. The fourth-order valence-electron chi connectivity index (χ4n) is 2.22. The second-order valence-electron chi connectivity index (χ2n) is 5.18. The fraction of sp³-hybridized carbons (Fsp3) is 0.235. The van der Waals surface area contributed by atoms with Crippen LogP contribution in [0.4, 0.5) is 11.4 Å². The van der Waals surface area contributed by atoms with Gasteiger partial charge >= 0.3 is 5.97 Å². The van der Waals surface area contributed by atoms with E-state index in [9.17, 15) is 4.79 Å². The molecule has 0 aliphatic carbocycles. The van der Waals surface area contributed by atoms with Crippen molar-refractivity contribution >= 4 is 17.3 Å². The Morgan fingerprint density at radius 1 is 1.24 bits per heavy atom. The van der Waals surface area contributed by atoms with E-state index < -0.39 is 5.97 Å². The Hall–Kier alpha value is -2.49. The summed E-state index contributed by atoms with van der Waals surface area (Å²) in [6.45, 7) is 2.08. The zero-order valence-electron chi connectivity index (χ0n) is 12.0. The van der Waals surface area contributed by atoms with E-state index in [1.807, 2.05) is 18.2 Å². The summed E-state index contributed by atoms with van der Waals surface area (Å²) in [6, 6.07) is 15.5. The van der Waals surface area contributed by atoms with E-state index in [4.69, 9.17) is 10.8 Å². The summed E-state index contributed by atoms with van der Waals surface area (Å²) in [5, 5.41) is 12.4. The Balaban J connectivity index is 1.95. The molecular formula is C17H20N2O2. The van der Waals surface area contributed by atoms with Crippen LogP contribution >= 0.6 is 0 Å². The van der Waals surface area contributed by atoms with Crippen molar-refractivity contribution in [2.45, 2.75) is 25.8 Å². The summed E-state index contributed by atoms with van der Waals surface area (Å²) in [5.74, 6) is -1.01. The highest BCUT2D eigenvalue weighted by molar-refractivity contribution is 5.94. The second-order valence-corrected chi connectivity index (χ2v) is 5.18. The summed E-state index contributed by atoms with van der Waals surface area (Å²) >= 11 is 0. The highest BCUT2D eigenvalue weighted by Gasteiger charge is 2.10. The maximum atomic E-state index is 11.1. The normalized spacial score (nSPS) is 11.9. The molecule has 0 aliphatic rings. The molecule has 1 unspecified atom stereocenters. The fourth-order valence-corrected chi connectivity index (χ4v) is 2.22. The number of carbonyl (C=O) groups is 1. The van der Waals surface area contributed by atoms with Gasteiger partial charge in [-0.1, -0.05) is 30.3 Å². The second kappa shape index (κ2) is 6.79. The Bertz CT molecular complexity index is 611. The number of hydrogen-bond acceptors (Lipinski definition) is 3. The number of nitrogen functional groups attached to an aromatic ring is 1. The van der Waals surface area contributed by atoms with E-state index in [1.54, 1.807) is 18.2 Å². The first-order chi connectivity index (χ1) is 10.1. The van der Waals surface area contributed by atoms with Gasteiger partial charge < -0.3 is 16.2 Å². The molecule has 0 saturated heterocycles. The number of hydrogen-bond donors (Lipinski definition) is 3. The molecule has 2 rings (SSSR count). The number of aromatic carboxylic acids is 1. The first kappa shape index (κ1) is 14.9. The maximum Gasteiger partial charge on any atom is 0.337 e. The van der Waals surface area contributed by atoms with Crippen LogP contribution in [0.15, 0.2) is 48.5 Å². The van der Waals surface area contributed by atoms with Crippen molar-refractivity contribution in [1.29, 1.82) is 0 Å². The topological polar surface area (TPSA) is 75.3 Å². The van der Waals surface area contributed by atoms with Crippen molar-refractivity contribution in [1.82, 2.24) is 0 Å². The Kier molecular flexibility index (Phi) is 4.82. The third-order valence-electron chi connectivity index (χ3n) is 3.41. The number of rotatable bonds is 6. The zero-order chi connectivity index (χ0) is 15.2. The van der Waals surface area contributed by atoms with Crippen molar-refractivity contribution in [3.05, 3.63) is 59.7 Å². The van der Waals surface area contributed by atoms with Crippen LogP contribution in [-0.4, -0.2) is 17.1 Å². The molecule has 0 bridgehead atoms. The first-order valence-corrected chi connectivity index (χ1v) is 6.99. The molecule has 0 heterocycles. The van der Waals surface area contributed by atoms with Gasteiger partial charge in [-0.25, -0.2) is 4.79 Å². The summed E-state index contributed by atoms with van der Waals surface area (Å²) in [6.07, 6.45) is 1.95. The van der Waals surface area contributed by atoms with Gasteiger partial charge in [-0.2, -0.15) is 0 Å². The van der Waals surface area contributed by atoms with Gasteiger partial charge in [0.2, 0.25) is 0 Å². The van der Waals surface area contributed by atoms with Gasteiger partial charge in [0, 0.05) is 17.4 Å². The van der Waals surface area contributed by atoms with E-state index in [2.05, 4.69) is 24.4 Å². The lowest BCUT2D eigenvalue weighted by molar-refractivity contribution is 0.0698. The molecule has 1 atom stereocenters. The van der Waals surface area contributed by atoms with Gasteiger partial charge in [0.1, 0.15) is 0 Å². The number of nitrogens with one attached hydrogen (secondary N) is 1. The molecule has 4 N–H and O–H groups in total. The van der Waals surface area contributed by atoms with Crippen molar-refractivity contribution in [2.75, 3.05) is 11.1 Å². The SMILES string of the molecule is CC(CCc1ccccc1)Nc1ccc(N)c(C(=O)O)c1. The van der Waals surface area contributed by atoms with Crippen LogP contribution in [0.3, 0.4) is 0 Å². The van der Waals surface area contributed by atoms with Gasteiger partial charge in [0.05, 0.1) is 5.56 Å². The summed E-state index contributed by atoms with van der Waals surface area (Å²) in [5.41, 5.74) is 8.14. The van der Waals surface area contributed by atoms with Crippen LogP contribution in [0, 0.1) is 0 Å². The van der Waals surface area contributed by atoms with E-state index in [-0.39, 0.29) is 17.3 Å². The third kappa shape index (κ3) is 4.24. The minimum absolute atomic E-state index is 0.134. The van der Waals surface area contributed by atoms with Crippen LogP contribution in [0.5, 0.6) is 0 Å². The monoisotopic (exact) mass is 284 g/mol. The molecular weight excluding hydrogens is 264 g/mol. The van der Waals surface area contributed by atoms with Crippen molar-refractivity contribution in [3.8, 4) is 0 Å². The lowest BCUT2D eigenvalue weighted by Crippen LogP contribution is -2.16. The molecule has 2 aromatic carbocycles. The molecule has 0 radical (unpaired) electrons. The van der Waals surface area contributed by atoms with E-state index in [0.717, 1.165) is 18.5 Å². The molecule has 0 aromatic heterocycles. The molecule has 110 valence electrons. The minimum Gasteiger partial charge on any atom is -0.478 e. The van der Waals surface area contributed by atoms with Crippen LogP contribution in [-0.2, 0) is 6.42 Å². The van der Waals surface area contributed by atoms with Gasteiger partial charge in [-0.15, -0.1) is 0 Å². The van der Waals surface area contributed by atoms with Crippen molar-refractivity contribution < 1.29 is 9.90 Å². The number of benzene rings is 2. The van der Waals surface area contributed by atoms with E-state index in [0.29, 0.717) is 0 Å². The lowest BCUT2D eigenvalue weighted by atomic mass is 10.1. The Morgan fingerprint density at radius 2 is 1.95 bits per heavy atom. The first-order valence-electron chi connectivity index (χ1n) is 6.99. The lowest BCUT2D eigenvalue weighted by Gasteiger charge is -2.16. The molecule has 0 spiro atoms.